The predicted molar refractivity (Wildman–Crippen MR) is 125 cm³/mol. The van der Waals surface area contributed by atoms with E-state index < -0.39 is 0 Å². The molecular weight excluding hydrogens is 442 g/mol. The van der Waals surface area contributed by atoms with Crippen LogP contribution >= 0.6 is 11.6 Å². The molecule has 3 aromatic rings. The van der Waals surface area contributed by atoms with Crippen LogP contribution in [0.1, 0.15) is 12.2 Å². The van der Waals surface area contributed by atoms with Crippen molar-refractivity contribution in [2.75, 3.05) is 42.5 Å². The van der Waals surface area contributed by atoms with Crippen LogP contribution in [0.2, 0.25) is 5.02 Å². The number of piperazine rings is 1. The lowest BCUT2D eigenvalue weighted by molar-refractivity contribution is -0.136. The Balaban J connectivity index is 1.21. The van der Waals surface area contributed by atoms with Crippen LogP contribution in [0.15, 0.2) is 49.1 Å². The molecule has 1 unspecified atom stereocenters. The fourth-order valence-corrected chi connectivity index (χ4v) is 4.55. The molecule has 2 aliphatic heterocycles. The van der Waals surface area contributed by atoms with Crippen LogP contribution in [0, 0.1) is 12.8 Å². The molecule has 2 fully saturated rings. The molecule has 0 spiro atoms. The van der Waals surface area contributed by atoms with Crippen LogP contribution in [-0.2, 0) is 9.59 Å². The van der Waals surface area contributed by atoms with Crippen molar-refractivity contribution < 1.29 is 9.59 Å². The van der Waals surface area contributed by atoms with Crippen molar-refractivity contribution in [1.29, 1.82) is 0 Å². The van der Waals surface area contributed by atoms with E-state index in [1.807, 2.05) is 40.8 Å². The second-order valence-electron chi connectivity index (χ2n) is 8.27. The summed E-state index contributed by atoms with van der Waals surface area (Å²) < 4.78 is 1.91. The average Bonchev–Trinajstić information content (AvgIpc) is 3.45. The van der Waals surface area contributed by atoms with E-state index in [0.29, 0.717) is 37.7 Å². The minimum Gasteiger partial charge on any atom is -0.353 e. The lowest BCUT2D eigenvalue weighted by atomic mass is 10.1. The van der Waals surface area contributed by atoms with Gasteiger partial charge < -0.3 is 14.7 Å². The lowest BCUT2D eigenvalue weighted by Gasteiger charge is -2.36. The number of imidazole rings is 1. The molecule has 2 saturated heterocycles. The fourth-order valence-electron chi connectivity index (χ4n) is 4.42. The molecule has 4 heterocycles. The first-order chi connectivity index (χ1) is 16.0. The van der Waals surface area contributed by atoms with E-state index in [2.05, 4.69) is 19.9 Å². The van der Waals surface area contributed by atoms with Crippen molar-refractivity contribution in [3.8, 4) is 5.82 Å². The quantitative estimate of drug-likeness (QED) is 0.587. The number of hydrogen-bond acceptors (Lipinski definition) is 6. The molecule has 2 aromatic heterocycles. The number of aromatic nitrogens is 4. The van der Waals surface area contributed by atoms with Crippen LogP contribution in [0.4, 0.5) is 11.5 Å². The highest BCUT2D eigenvalue weighted by Gasteiger charge is 2.38. The molecule has 0 N–H and O–H groups in total. The molecular formula is C23H24ClN7O2. The van der Waals surface area contributed by atoms with Gasteiger partial charge in [0.25, 0.3) is 0 Å². The average molecular weight is 466 g/mol. The number of amides is 2. The van der Waals surface area contributed by atoms with E-state index in [4.69, 9.17) is 11.6 Å². The summed E-state index contributed by atoms with van der Waals surface area (Å²) in [6.45, 7) is 4.86. The first-order valence-corrected chi connectivity index (χ1v) is 11.3. The standard InChI is InChI=1S/C23H24ClN7O2/c1-16-25-6-7-30(16)21-13-20(26-15-27-21)28-8-10-29(11-9-28)23(33)17-12-22(32)31(14-17)19-4-2-18(24)3-5-19/h2-7,13,15,17H,8-12,14H2,1H3. The summed E-state index contributed by atoms with van der Waals surface area (Å²) in [7, 11) is 0. The van der Waals surface area contributed by atoms with E-state index in [9.17, 15) is 9.59 Å². The molecule has 10 heteroatoms. The Morgan fingerprint density at radius 2 is 1.76 bits per heavy atom. The van der Waals surface area contributed by atoms with Crippen LogP contribution in [0.5, 0.6) is 0 Å². The monoisotopic (exact) mass is 465 g/mol. The third-order valence-corrected chi connectivity index (χ3v) is 6.49. The van der Waals surface area contributed by atoms with Gasteiger partial charge in [0.1, 0.15) is 23.8 Å². The fraction of sp³-hybridized carbons (Fsp3) is 0.348. The number of rotatable bonds is 4. The van der Waals surface area contributed by atoms with Gasteiger partial charge in [-0.2, -0.15) is 0 Å². The Labute approximate surface area is 196 Å². The van der Waals surface area contributed by atoms with Crippen LogP contribution < -0.4 is 9.80 Å². The summed E-state index contributed by atoms with van der Waals surface area (Å²) >= 11 is 5.95. The Morgan fingerprint density at radius 3 is 2.45 bits per heavy atom. The van der Waals surface area contributed by atoms with Gasteiger partial charge in [-0.1, -0.05) is 11.6 Å². The molecule has 2 amide bonds. The highest BCUT2D eigenvalue weighted by molar-refractivity contribution is 6.30. The second kappa shape index (κ2) is 8.82. The maximum Gasteiger partial charge on any atom is 0.228 e. The summed E-state index contributed by atoms with van der Waals surface area (Å²) in [5.74, 6) is 2.13. The molecule has 170 valence electrons. The molecule has 2 aliphatic rings. The van der Waals surface area contributed by atoms with Crippen LogP contribution in [0.25, 0.3) is 5.82 Å². The number of carbonyl (C=O) groups excluding carboxylic acids is 2. The lowest BCUT2D eigenvalue weighted by Crippen LogP contribution is -2.51. The van der Waals surface area contributed by atoms with Crippen LogP contribution in [0.3, 0.4) is 0 Å². The third-order valence-electron chi connectivity index (χ3n) is 6.24. The highest BCUT2D eigenvalue weighted by Crippen LogP contribution is 2.28. The molecule has 33 heavy (non-hydrogen) atoms. The molecule has 5 rings (SSSR count). The minimum absolute atomic E-state index is 0.0300. The van der Waals surface area contributed by atoms with E-state index in [1.165, 1.54) is 0 Å². The highest BCUT2D eigenvalue weighted by atomic mass is 35.5. The zero-order valence-corrected chi connectivity index (χ0v) is 19.0. The van der Waals surface area contributed by atoms with Gasteiger partial charge in [-0.3, -0.25) is 14.2 Å². The Hall–Kier alpha value is -3.46. The van der Waals surface area contributed by atoms with Crippen molar-refractivity contribution in [3.63, 3.8) is 0 Å². The normalized spacial score (nSPS) is 18.8. The van der Waals surface area contributed by atoms with Gasteiger partial charge in [0.15, 0.2) is 0 Å². The van der Waals surface area contributed by atoms with Crippen molar-refractivity contribution in [3.05, 3.63) is 59.9 Å². The topological polar surface area (TPSA) is 87.5 Å². The van der Waals surface area contributed by atoms with E-state index in [-0.39, 0.29) is 24.2 Å². The number of aryl methyl sites for hydroxylation is 1. The SMILES string of the molecule is Cc1nccn1-c1cc(N2CCN(C(=O)C3CC(=O)N(c4ccc(Cl)cc4)C3)CC2)ncn1. The Morgan fingerprint density at radius 1 is 1.03 bits per heavy atom. The third kappa shape index (κ3) is 4.28. The van der Waals surface area contributed by atoms with Gasteiger partial charge in [-0.15, -0.1) is 0 Å². The molecule has 0 bridgehead atoms. The van der Waals surface area contributed by atoms with E-state index in [0.717, 1.165) is 23.1 Å². The van der Waals surface area contributed by atoms with Gasteiger partial charge in [-0.25, -0.2) is 15.0 Å². The first-order valence-electron chi connectivity index (χ1n) is 10.9. The zero-order chi connectivity index (χ0) is 22.9. The van der Waals surface area contributed by atoms with E-state index in [1.54, 1.807) is 29.6 Å². The zero-order valence-electron chi connectivity index (χ0n) is 18.3. The van der Waals surface area contributed by atoms with Gasteiger partial charge in [0, 0.05) is 68.3 Å². The summed E-state index contributed by atoms with van der Waals surface area (Å²) in [5, 5.41) is 0.617. The molecule has 0 saturated carbocycles. The van der Waals surface area contributed by atoms with Gasteiger partial charge in [0.05, 0.1) is 5.92 Å². The second-order valence-corrected chi connectivity index (χ2v) is 8.71. The van der Waals surface area contributed by atoms with Crippen molar-refractivity contribution in [2.24, 2.45) is 5.92 Å². The molecule has 0 radical (unpaired) electrons. The molecule has 1 atom stereocenters. The minimum atomic E-state index is -0.324. The van der Waals surface area contributed by atoms with E-state index >= 15 is 0 Å². The largest absolute Gasteiger partial charge is 0.353 e. The Kier molecular flexibility index (Phi) is 5.72. The number of hydrogen-bond donors (Lipinski definition) is 0. The number of benzene rings is 1. The number of halogens is 1. The summed E-state index contributed by atoms with van der Waals surface area (Å²) in [4.78, 5) is 44.4. The number of nitrogens with zero attached hydrogens (tertiary/aromatic N) is 7. The smallest absolute Gasteiger partial charge is 0.228 e. The van der Waals surface area contributed by atoms with Crippen molar-refractivity contribution in [1.82, 2.24) is 24.4 Å². The number of anilines is 2. The maximum absolute atomic E-state index is 13.1. The molecule has 0 aliphatic carbocycles. The van der Waals surface area contributed by atoms with Crippen molar-refractivity contribution >= 4 is 34.9 Å². The first kappa shape index (κ1) is 21.4. The Bertz CT molecular complexity index is 1170. The molecule has 1 aromatic carbocycles. The van der Waals surface area contributed by atoms with Gasteiger partial charge in [-0.05, 0) is 31.2 Å². The summed E-state index contributed by atoms with van der Waals surface area (Å²) in [5.41, 5.74) is 0.775. The maximum atomic E-state index is 13.1. The van der Waals surface area contributed by atoms with Crippen LogP contribution in [-0.4, -0.2) is 69.0 Å². The van der Waals surface area contributed by atoms with Gasteiger partial charge >= 0.3 is 0 Å². The van der Waals surface area contributed by atoms with Crippen molar-refractivity contribution in [2.45, 2.75) is 13.3 Å². The summed E-state index contributed by atoms with van der Waals surface area (Å²) in [6.07, 6.45) is 5.40. The molecule has 9 nitrogen and oxygen atoms in total. The predicted octanol–water partition coefficient (Wildman–Crippen LogP) is 2.33. The number of carbonyl (C=O) groups is 2. The summed E-state index contributed by atoms with van der Waals surface area (Å²) in [6, 6.07) is 9.07. The van der Waals surface area contributed by atoms with Gasteiger partial charge in [0.2, 0.25) is 11.8 Å².